The van der Waals surface area contributed by atoms with Gasteiger partial charge >= 0.3 is 0 Å². The van der Waals surface area contributed by atoms with Crippen LogP contribution in [0.5, 0.6) is 0 Å². The van der Waals surface area contributed by atoms with E-state index in [9.17, 15) is 13.6 Å². The number of aromatic amines is 1. The standard InChI is InChI=1S/C30H39F2N7O3.CH3F.FH.2H2/c1-19-14-38(8-7-37(19)4)28-11-25(32)24(26-5-6-33-30(36-26)39-15-20(2)42-21(3)16-39)10-27(28)35-18-41-17-23-13-34-29(40)9-22(23)12-31;1-2;;;/h5-6,9-11,13,19-21,35H,7-8,12,14-18H2,1-4H3,(H,34,40);1H3;3*1H/t19-,20-,21+;;;;/m0..../s1. The Morgan fingerprint density at radius 2 is 1.82 bits per heavy atom. The van der Waals surface area contributed by atoms with E-state index < -0.39 is 6.67 Å². The number of alkyl halides is 2. The highest BCUT2D eigenvalue weighted by atomic mass is 19.1. The monoisotopic (exact) mass is 641 g/mol. The molecule has 45 heavy (non-hydrogen) atoms. The lowest BCUT2D eigenvalue weighted by molar-refractivity contribution is -0.00571. The van der Waals surface area contributed by atoms with E-state index in [4.69, 9.17) is 14.5 Å². The number of anilines is 3. The molecule has 0 unspecified atom stereocenters. The average Bonchev–Trinajstić information content (AvgIpc) is 3.02. The van der Waals surface area contributed by atoms with Crippen molar-refractivity contribution in [1.82, 2.24) is 19.9 Å². The van der Waals surface area contributed by atoms with E-state index in [1.165, 1.54) is 12.3 Å². The van der Waals surface area contributed by atoms with Crippen LogP contribution in [-0.4, -0.2) is 91.8 Å². The Bertz CT molecular complexity index is 1450. The molecule has 3 atom stereocenters. The van der Waals surface area contributed by atoms with Gasteiger partial charge in [0, 0.05) is 65.6 Å². The molecular weight excluding hydrogens is 594 g/mol. The predicted molar refractivity (Wildman–Crippen MR) is 173 cm³/mol. The van der Waals surface area contributed by atoms with Crippen molar-refractivity contribution in [3.05, 3.63) is 64.0 Å². The number of halogens is 4. The Hall–Kier alpha value is -3.75. The summed E-state index contributed by atoms with van der Waals surface area (Å²) in [4.78, 5) is 29.8. The molecule has 0 bridgehead atoms. The van der Waals surface area contributed by atoms with Gasteiger partial charge in [-0.2, -0.15) is 0 Å². The van der Waals surface area contributed by atoms with Crippen molar-refractivity contribution in [2.45, 2.75) is 52.3 Å². The number of rotatable bonds is 9. The topological polar surface area (TPSA) is 98.8 Å². The highest BCUT2D eigenvalue weighted by Crippen LogP contribution is 2.35. The van der Waals surface area contributed by atoms with Gasteiger partial charge in [-0.1, -0.05) is 0 Å². The van der Waals surface area contributed by atoms with Gasteiger partial charge in [0.2, 0.25) is 11.5 Å². The summed E-state index contributed by atoms with van der Waals surface area (Å²) in [5.41, 5.74) is 2.75. The smallest absolute Gasteiger partial charge is 0.248 e. The third-order valence-electron chi connectivity index (χ3n) is 7.88. The van der Waals surface area contributed by atoms with Crippen LogP contribution < -0.4 is 20.7 Å². The summed E-state index contributed by atoms with van der Waals surface area (Å²) in [5, 5.41) is 3.30. The second kappa shape index (κ2) is 16.5. The van der Waals surface area contributed by atoms with Crippen LogP contribution in [-0.2, 0) is 22.8 Å². The number of pyridine rings is 1. The molecule has 0 aliphatic carbocycles. The van der Waals surface area contributed by atoms with E-state index >= 15 is 4.39 Å². The summed E-state index contributed by atoms with van der Waals surface area (Å²) in [5.74, 6) is 0.158. The first-order chi connectivity index (χ1) is 21.2. The number of hydrogen-bond donors (Lipinski definition) is 2. The summed E-state index contributed by atoms with van der Waals surface area (Å²) >= 11 is 0. The van der Waals surface area contributed by atoms with Crippen molar-refractivity contribution in [3.63, 3.8) is 0 Å². The first kappa shape index (κ1) is 35.7. The molecule has 0 radical (unpaired) electrons. The number of ether oxygens (including phenoxy) is 2. The maximum absolute atomic E-state index is 15.8. The quantitative estimate of drug-likeness (QED) is 0.190. The maximum Gasteiger partial charge on any atom is 0.248 e. The van der Waals surface area contributed by atoms with Gasteiger partial charge in [0.15, 0.2) is 0 Å². The fourth-order valence-corrected chi connectivity index (χ4v) is 5.51. The predicted octanol–water partition coefficient (Wildman–Crippen LogP) is 5.01. The first-order valence-electron chi connectivity index (χ1n) is 14.7. The Kier molecular flexibility index (Phi) is 13.1. The zero-order valence-corrected chi connectivity index (χ0v) is 26.4. The molecule has 4 heterocycles. The number of aromatic nitrogens is 3. The van der Waals surface area contributed by atoms with Crippen molar-refractivity contribution < 1.29 is 30.2 Å². The molecule has 1 aromatic carbocycles. The minimum absolute atomic E-state index is 0. The minimum Gasteiger partial charge on any atom is -0.372 e. The van der Waals surface area contributed by atoms with Gasteiger partial charge < -0.3 is 34.5 Å². The van der Waals surface area contributed by atoms with Gasteiger partial charge in [-0.3, -0.25) is 13.9 Å². The molecule has 2 aliphatic heterocycles. The van der Waals surface area contributed by atoms with Crippen molar-refractivity contribution in [3.8, 4) is 11.3 Å². The number of nitrogens with one attached hydrogen (secondary N) is 2. The molecule has 2 saturated heterocycles. The van der Waals surface area contributed by atoms with Crippen LogP contribution in [0.2, 0.25) is 0 Å². The second-order valence-electron chi connectivity index (χ2n) is 11.2. The number of benzene rings is 1. The van der Waals surface area contributed by atoms with Crippen LogP contribution in [0.1, 0.15) is 34.8 Å². The molecule has 14 heteroatoms. The Balaban J connectivity index is 0.00000217. The number of hydrogen-bond acceptors (Lipinski definition) is 9. The summed E-state index contributed by atoms with van der Waals surface area (Å²) in [6.45, 7) is 9.26. The number of nitrogens with zero attached hydrogens (tertiary/aromatic N) is 5. The molecule has 0 saturated carbocycles. The van der Waals surface area contributed by atoms with Crippen LogP contribution >= 0.6 is 0 Å². The lowest BCUT2D eigenvalue weighted by atomic mass is 10.1. The third-order valence-corrected chi connectivity index (χ3v) is 7.88. The van der Waals surface area contributed by atoms with Gasteiger partial charge in [0.25, 0.3) is 0 Å². The largest absolute Gasteiger partial charge is 0.372 e. The molecule has 5 rings (SSSR count). The molecular formula is C31H47F4N7O3. The molecule has 2 N–H and O–H groups in total. The SMILES string of the molecule is CF.C[C@@H]1CN(c2nccc(-c3cc(NCOCc4c[nH]c(=O)cc4CF)c(N4CCN(C)[C@@H](C)C4)cc3F)n2)C[C@H](C)O1.F.[HH].[HH]. The Morgan fingerprint density at radius 3 is 2.51 bits per heavy atom. The van der Waals surface area contributed by atoms with Gasteiger partial charge in [0.1, 0.15) is 19.2 Å². The average molecular weight is 642 g/mol. The van der Waals surface area contributed by atoms with Crippen LogP contribution in [0.3, 0.4) is 0 Å². The molecule has 10 nitrogen and oxygen atoms in total. The van der Waals surface area contributed by atoms with Gasteiger partial charge in [-0.05, 0) is 57.1 Å². The fraction of sp³-hybridized carbons (Fsp3) is 0.516. The van der Waals surface area contributed by atoms with Crippen LogP contribution in [0, 0.1) is 5.82 Å². The zero-order chi connectivity index (χ0) is 31.8. The second-order valence-corrected chi connectivity index (χ2v) is 11.2. The molecule has 0 spiro atoms. The molecule has 2 aromatic heterocycles. The fourth-order valence-electron chi connectivity index (χ4n) is 5.51. The van der Waals surface area contributed by atoms with Gasteiger partial charge in [-0.25, -0.2) is 18.7 Å². The van der Waals surface area contributed by atoms with Gasteiger partial charge in [-0.15, -0.1) is 0 Å². The van der Waals surface area contributed by atoms with Crippen LogP contribution in [0.4, 0.5) is 35.2 Å². The van der Waals surface area contributed by atoms with Crippen LogP contribution in [0.25, 0.3) is 11.3 Å². The molecule has 2 aliphatic rings. The van der Waals surface area contributed by atoms with E-state index in [0.717, 1.165) is 25.3 Å². The number of morpholine rings is 1. The Morgan fingerprint density at radius 1 is 1.09 bits per heavy atom. The highest BCUT2D eigenvalue weighted by Gasteiger charge is 2.26. The third kappa shape index (κ3) is 8.92. The van der Waals surface area contributed by atoms with Gasteiger partial charge in [0.05, 0.1) is 43.1 Å². The Labute approximate surface area is 263 Å². The minimum atomic E-state index is -0.758. The summed E-state index contributed by atoms with van der Waals surface area (Å²) in [7, 11) is 2.59. The van der Waals surface area contributed by atoms with Crippen molar-refractivity contribution in [2.24, 2.45) is 0 Å². The number of H-pyrrole nitrogens is 1. The lowest BCUT2D eigenvalue weighted by Gasteiger charge is -2.39. The number of piperazine rings is 1. The molecule has 2 fully saturated rings. The molecule has 252 valence electrons. The van der Waals surface area contributed by atoms with E-state index in [2.05, 4.69) is 44.0 Å². The first-order valence-corrected chi connectivity index (χ1v) is 14.7. The summed E-state index contributed by atoms with van der Waals surface area (Å²) in [6, 6.07) is 6.56. The van der Waals surface area contributed by atoms with E-state index in [1.54, 1.807) is 24.4 Å². The zero-order valence-electron chi connectivity index (χ0n) is 26.4. The lowest BCUT2D eigenvalue weighted by Crippen LogP contribution is -2.50. The van der Waals surface area contributed by atoms with Crippen molar-refractivity contribution >= 4 is 17.3 Å². The van der Waals surface area contributed by atoms with E-state index in [0.29, 0.717) is 60.3 Å². The number of likely N-dealkylation sites (N-methyl/N-ethyl adjacent to an activating group) is 1. The van der Waals surface area contributed by atoms with E-state index in [1.807, 2.05) is 13.8 Å². The maximum atomic E-state index is 15.8. The van der Waals surface area contributed by atoms with E-state index in [-0.39, 0.29) is 44.5 Å². The summed E-state index contributed by atoms with van der Waals surface area (Å²) in [6.07, 6.45) is 3.19. The van der Waals surface area contributed by atoms with Crippen LogP contribution in [0.15, 0.2) is 41.5 Å². The van der Waals surface area contributed by atoms with Crippen molar-refractivity contribution in [1.29, 1.82) is 0 Å². The molecule has 3 aromatic rings. The molecule has 0 amide bonds. The summed E-state index contributed by atoms with van der Waals surface area (Å²) < 4.78 is 50.4. The highest BCUT2D eigenvalue weighted by molar-refractivity contribution is 5.78. The van der Waals surface area contributed by atoms with Crippen molar-refractivity contribution in [2.75, 3.05) is 68.8 Å². The normalized spacial score (nSPS) is 20.2.